The molecule has 0 rings (SSSR count). The molecule has 0 fully saturated rings. The van der Waals surface area contributed by atoms with Crippen LogP contribution in [0.3, 0.4) is 0 Å². The van der Waals surface area contributed by atoms with E-state index in [1.807, 2.05) is 33.3 Å². The number of nitrogens with zero attached hydrogens (tertiary/aromatic N) is 1. The second-order valence-electron chi connectivity index (χ2n) is 24.7. The molecule has 3 atom stereocenters. The number of hydrogen-bond acceptors (Lipinski definition) is 7. The third-order valence-corrected chi connectivity index (χ3v) is 16.3. The van der Waals surface area contributed by atoms with E-state index in [1.54, 1.807) is 0 Å². The van der Waals surface area contributed by atoms with Crippen LogP contribution in [0, 0.1) is 0 Å². The lowest BCUT2D eigenvalue weighted by Crippen LogP contribution is -2.47. The first-order chi connectivity index (χ1) is 39.9. The van der Waals surface area contributed by atoms with Gasteiger partial charge in [-0.05, 0) is 96.0 Å². The fourth-order valence-corrected chi connectivity index (χ4v) is 10.7. The van der Waals surface area contributed by atoms with Crippen molar-refractivity contribution >= 4 is 19.7 Å². The molecule has 478 valence electrons. The number of likely N-dealkylation sites (N-methyl/N-ethyl adjacent to an activating group) is 1. The number of phosphoric acid groups is 1. The number of carbonyl (C=O) groups is 2. The normalized spacial score (nSPS) is 14.0. The number of nitrogens with one attached hydrogen (secondary N) is 1. The summed E-state index contributed by atoms with van der Waals surface area (Å²) < 4.78 is 30.4. The van der Waals surface area contributed by atoms with E-state index >= 15 is 0 Å². The summed E-state index contributed by atoms with van der Waals surface area (Å²) in [7, 11) is 1.15. The third kappa shape index (κ3) is 62.0. The highest BCUT2D eigenvalue weighted by atomic mass is 31.2. The Balaban J connectivity index is 5.07. The van der Waals surface area contributed by atoms with Crippen LogP contribution in [0.1, 0.15) is 323 Å². The molecule has 0 bridgehead atoms. The molecule has 0 spiro atoms. The highest BCUT2D eigenvalue weighted by Gasteiger charge is 2.27. The quantitative estimate of drug-likeness (QED) is 0.0212. The number of allylic oxidation sites excluding steroid dienone is 11. The number of amides is 1. The van der Waals surface area contributed by atoms with Crippen LogP contribution in [0.5, 0.6) is 0 Å². The monoisotopic (exact) mass is 1170 g/mol. The summed E-state index contributed by atoms with van der Waals surface area (Å²) in [5.74, 6) is -0.598. The summed E-state index contributed by atoms with van der Waals surface area (Å²) in [6, 6.07) is -0.918. The van der Waals surface area contributed by atoms with Gasteiger partial charge in [-0.3, -0.25) is 14.2 Å². The molecule has 1 N–H and O–H groups in total. The number of ether oxygens (including phenoxy) is 1. The van der Waals surface area contributed by atoms with Crippen molar-refractivity contribution in [3.63, 3.8) is 0 Å². The van der Waals surface area contributed by atoms with E-state index in [0.717, 1.165) is 64.2 Å². The predicted molar refractivity (Wildman–Crippen MR) is 353 cm³/mol. The van der Waals surface area contributed by atoms with Crippen LogP contribution in [-0.4, -0.2) is 69.4 Å². The number of carbonyl (C=O) groups excluding carboxylic acids is 2. The maximum absolute atomic E-state index is 13.5. The average molecular weight is 1170 g/mol. The van der Waals surface area contributed by atoms with E-state index in [1.165, 1.54) is 218 Å². The van der Waals surface area contributed by atoms with Gasteiger partial charge in [-0.1, -0.05) is 287 Å². The van der Waals surface area contributed by atoms with Crippen molar-refractivity contribution in [2.45, 2.75) is 335 Å². The molecular formula is C72H133N2O7P. The van der Waals surface area contributed by atoms with Gasteiger partial charge in [0.2, 0.25) is 5.91 Å². The van der Waals surface area contributed by atoms with Crippen LogP contribution in [0.4, 0.5) is 0 Å². The van der Waals surface area contributed by atoms with Gasteiger partial charge in [0.25, 0.3) is 7.82 Å². The Morgan fingerprint density at radius 3 is 1.17 bits per heavy atom. The number of phosphoric ester groups is 1. The van der Waals surface area contributed by atoms with Gasteiger partial charge < -0.3 is 28.5 Å². The first-order valence-corrected chi connectivity index (χ1v) is 36.2. The lowest BCUT2D eigenvalue weighted by molar-refractivity contribution is -0.870. The zero-order valence-electron chi connectivity index (χ0n) is 54.7. The molecule has 3 unspecified atom stereocenters. The smallest absolute Gasteiger partial charge is 0.306 e. The Morgan fingerprint density at radius 2 is 0.756 bits per heavy atom. The molecule has 9 nitrogen and oxygen atoms in total. The van der Waals surface area contributed by atoms with E-state index in [9.17, 15) is 19.0 Å². The lowest BCUT2D eigenvalue weighted by atomic mass is 10.0. The van der Waals surface area contributed by atoms with Crippen molar-refractivity contribution in [2.75, 3.05) is 40.9 Å². The minimum Gasteiger partial charge on any atom is -0.756 e. The summed E-state index contributed by atoms with van der Waals surface area (Å²) in [6.07, 6.45) is 80.4. The van der Waals surface area contributed by atoms with Crippen LogP contribution in [0.2, 0.25) is 0 Å². The topological polar surface area (TPSA) is 114 Å². The summed E-state index contributed by atoms with van der Waals surface area (Å²) >= 11 is 0. The minimum absolute atomic E-state index is 0.0333. The molecule has 0 saturated carbocycles. The minimum atomic E-state index is -4.72. The Hall–Kier alpha value is -2.55. The molecular weight excluding hydrogens is 1040 g/mol. The van der Waals surface area contributed by atoms with E-state index in [-0.39, 0.29) is 31.3 Å². The number of esters is 1. The molecule has 0 saturated heterocycles. The number of rotatable bonds is 63. The Bertz CT molecular complexity index is 1630. The van der Waals surface area contributed by atoms with Gasteiger partial charge in [0.15, 0.2) is 0 Å². The first kappa shape index (κ1) is 79.5. The van der Waals surface area contributed by atoms with Crippen LogP contribution < -0.4 is 10.2 Å². The average Bonchev–Trinajstić information content (AvgIpc) is 3.44. The number of hydrogen-bond donors (Lipinski definition) is 1. The molecule has 0 heterocycles. The van der Waals surface area contributed by atoms with Gasteiger partial charge in [-0.15, -0.1) is 0 Å². The fraction of sp³-hybridized carbons (Fsp3) is 0.806. The maximum Gasteiger partial charge on any atom is 0.306 e. The van der Waals surface area contributed by atoms with Crippen LogP contribution in [0.25, 0.3) is 0 Å². The maximum atomic E-state index is 13.5. The standard InChI is InChI=1S/C72H133N2O7P/c1-7-10-13-16-19-22-25-28-30-32-33-34-35-36-37-38-39-40-41-43-45-47-50-53-56-59-62-65-72(76)81-70(63-60-57-54-51-48-27-24-21-18-15-12-9-3)69(68-80-82(77,78)79-67-66-74(4,5)6)73-71(75)64-61-58-55-52-49-46-44-42-31-29-26-23-20-17-14-11-8-2/h20,23,28-31,44,46,52,55,60,63,69-70H,7-19,21-22,24-27,32-43,45,47-51,53-54,56-59,61-62,64-68H2,1-6H3,(H-,73,75,77,78)/b23-20-,30-28+,31-29-,46-44-,55-52-,63-60-. The largest absolute Gasteiger partial charge is 0.756 e. The van der Waals surface area contributed by atoms with E-state index < -0.39 is 26.6 Å². The van der Waals surface area contributed by atoms with Gasteiger partial charge in [0, 0.05) is 12.8 Å². The predicted octanol–water partition coefficient (Wildman–Crippen LogP) is 21.3. The zero-order valence-corrected chi connectivity index (χ0v) is 55.6. The highest BCUT2D eigenvalue weighted by Crippen LogP contribution is 2.38. The van der Waals surface area contributed by atoms with E-state index in [2.05, 4.69) is 86.8 Å². The molecule has 0 aromatic heterocycles. The van der Waals surface area contributed by atoms with Gasteiger partial charge in [-0.25, -0.2) is 0 Å². The van der Waals surface area contributed by atoms with E-state index in [4.69, 9.17) is 13.8 Å². The molecule has 82 heavy (non-hydrogen) atoms. The van der Waals surface area contributed by atoms with Gasteiger partial charge in [0.1, 0.15) is 19.3 Å². The summed E-state index contributed by atoms with van der Waals surface area (Å²) in [5, 5.41) is 3.00. The fourth-order valence-electron chi connectivity index (χ4n) is 9.98. The highest BCUT2D eigenvalue weighted by molar-refractivity contribution is 7.45. The van der Waals surface area contributed by atoms with Crippen molar-refractivity contribution in [3.05, 3.63) is 72.9 Å². The van der Waals surface area contributed by atoms with Crippen molar-refractivity contribution < 1.29 is 37.3 Å². The van der Waals surface area contributed by atoms with Gasteiger partial charge >= 0.3 is 5.97 Å². The molecule has 0 aliphatic carbocycles. The molecule has 0 aliphatic rings. The lowest BCUT2D eigenvalue weighted by Gasteiger charge is -2.30. The summed E-state index contributed by atoms with van der Waals surface area (Å²) in [4.78, 5) is 40.1. The molecule has 0 radical (unpaired) electrons. The molecule has 0 aromatic carbocycles. The Labute approximate surface area is 508 Å². The van der Waals surface area contributed by atoms with Crippen LogP contribution in [0.15, 0.2) is 72.9 Å². The number of quaternary nitrogens is 1. The molecule has 1 amide bonds. The van der Waals surface area contributed by atoms with Crippen molar-refractivity contribution in [1.82, 2.24) is 5.32 Å². The Kier molecular flexibility index (Phi) is 59.6. The second-order valence-corrected chi connectivity index (χ2v) is 26.1. The van der Waals surface area contributed by atoms with Crippen LogP contribution >= 0.6 is 7.82 Å². The van der Waals surface area contributed by atoms with Crippen molar-refractivity contribution in [3.8, 4) is 0 Å². The van der Waals surface area contributed by atoms with E-state index in [0.29, 0.717) is 17.4 Å². The summed E-state index contributed by atoms with van der Waals surface area (Å²) in [6.45, 7) is 6.79. The van der Waals surface area contributed by atoms with Gasteiger partial charge in [0.05, 0.1) is 33.8 Å². The SMILES string of the molecule is CCCCC/C=C\C/C=C\C/C=C\C/C=C\CCCC(=O)NC(COP(=O)([O-])OCC[N+](C)(C)C)C(/C=C\CCCCCCCCCCCC)OC(=O)CCCCCCCCCCCCCCCCCCC/C=C/CCCCCCCC. The van der Waals surface area contributed by atoms with Crippen molar-refractivity contribution in [2.24, 2.45) is 0 Å². The van der Waals surface area contributed by atoms with Crippen molar-refractivity contribution in [1.29, 1.82) is 0 Å². The number of unbranched alkanes of at least 4 members (excludes halogenated alkanes) is 37. The van der Waals surface area contributed by atoms with Crippen LogP contribution in [-0.2, 0) is 27.9 Å². The third-order valence-electron chi connectivity index (χ3n) is 15.4. The van der Waals surface area contributed by atoms with Gasteiger partial charge in [-0.2, -0.15) is 0 Å². The molecule has 10 heteroatoms. The first-order valence-electron chi connectivity index (χ1n) is 34.7. The zero-order chi connectivity index (χ0) is 60.0. The molecule has 0 aromatic rings. The Morgan fingerprint density at radius 1 is 0.427 bits per heavy atom. The second kappa shape index (κ2) is 61.5. The molecule has 0 aliphatic heterocycles. The summed E-state index contributed by atoms with van der Waals surface area (Å²) in [5.41, 5.74) is 0.